The summed E-state index contributed by atoms with van der Waals surface area (Å²) in [6, 6.07) is 0.656. The second-order valence-corrected chi connectivity index (χ2v) is 8.09. The van der Waals surface area contributed by atoms with Crippen LogP contribution in [0, 0.1) is 5.92 Å². The van der Waals surface area contributed by atoms with Crippen molar-refractivity contribution in [3.63, 3.8) is 0 Å². The average Bonchev–Trinajstić information content (AvgIpc) is 3.08. The van der Waals surface area contributed by atoms with Gasteiger partial charge in [0.2, 0.25) is 0 Å². The first kappa shape index (κ1) is 14.1. The van der Waals surface area contributed by atoms with Crippen molar-refractivity contribution in [1.29, 1.82) is 0 Å². The van der Waals surface area contributed by atoms with E-state index in [0.717, 1.165) is 3.79 Å². The van der Waals surface area contributed by atoms with Crippen molar-refractivity contribution in [2.45, 2.75) is 31.1 Å². The number of hydrogen-bond acceptors (Lipinski definition) is 4. The van der Waals surface area contributed by atoms with Crippen LogP contribution in [-0.2, 0) is 0 Å². The van der Waals surface area contributed by atoms with Crippen LogP contribution in [0.1, 0.15) is 24.7 Å². The van der Waals surface area contributed by atoms with Crippen LogP contribution in [0.3, 0.4) is 0 Å². The molecule has 116 valence electrons. The second-order valence-electron chi connectivity index (χ2n) is 5.66. The predicted molar refractivity (Wildman–Crippen MR) is 82.0 cm³/mol. The standard InChI is InChI=1S/C13H11BrFN3O3S/c14-8-3-7-10(22-8)12(19)17-11(16-7)9-5-1-4(2-6(5)15)18(9)13(20)21/h3-6,9H,1-2H2,(H,20,21)(H,16,17,19)/t4?,5-,6+,9-/m0/s1. The summed E-state index contributed by atoms with van der Waals surface area (Å²) in [5.41, 5.74) is 0.179. The van der Waals surface area contributed by atoms with E-state index in [0.29, 0.717) is 16.6 Å². The minimum atomic E-state index is -1.10. The Morgan fingerprint density at radius 1 is 1.55 bits per heavy atom. The largest absolute Gasteiger partial charge is 0.465 e. The first-order valence-corrected chi connectivity index (χ1v) is 8.41. The molecule has 4 rings (SSSR count). The van der Waals surface area contributed by atoms with Crippen molar-refractivity contribution >= 4 is 43.6 Å². The lowest BCUT2D eigenvalue weighted by Crippen LogP contribution is -2.43. The Hall–Kier alpha value is -1.48. The van der Waals surface area contributed by atoms with Crippen molar-refractivity contribution in [3.8, 4) is 0 Å². The molecule has 4 atom stereocenters. The summed E-state index contributed by atoms with van der Waals surface area (Å²) in [7, 11) is 0. The van der Waals surface area contributed by atoms with E-state index >= 15 is 0 Å². The Morgan fingerprint density at radius 2 is 2.32 bits per heavy atom. The van der Waals surface area contributed by atoms with Gasteiger partial charge in [0.05, 0.1) is 15.3 Å². The zero-order valence-electron chi connectivity index (χ0n) is 11.1. The molecular formula is C13H11BrFN3O3S. The zero-order chi connectivity index (χ0) is 15.6. The summed E-state index contributed by atoms with van der Waals surface area (Å²) in [4.78, 5) is 31.9. The third-order valence-corrected chi connectivity index (χ3v) is 6.10. The lowest BCUT2D eigenvalue weighted by Gasteiger charge is -2.33. The quantitative estimate of drug-likeness (QED) is 0.787. The molecule has 2 aromatic rings. The Bertz CT molecular complexity index is 838. The summed E-state index contributed by atoms with van der Waals surface area (Å²) < 4.78 is 15.3. The van der Waals surface area contributed by atoms with Crippen LogP contribution >= 0.6 is 27.3 Å². The molecule has 1 amide bonds. The smallest absolute Gasteiger partial charge is 0.408 e. The third-order valence-electron chi connectivity index (χ3n) is 4.48. The minimum absolute atomic E-state index is 0.226. The van der Waals surface area contributed by atoms with Gasteiger partial charge in [0.15, 0.2) is 0 Å². The molecule has 2 N–H and O–H groups in total. The maximum atomic E-state index is 14.1. The third kappa shape index (κ3) is 1.91. The van der Waals surface area contributed by atoms with E-state index in [1.165, 1.54) is 16.2 Å². The molecular weight excluding hydrogens is 377 g/mol. The van der Waals surface area contributed by atoms with Gasteiger partial charge in [0.25, 0.3) is 5.56 Å². The number of amides is 1. The van der Waals surface area contributed by atoms with E-state index in [-0.39, 0.29) is 23.8 Å². The highest BCUT2D eigenvalue weighted by molar-refractivity contribution is 9.11. The number of thiophene rings is 1. The van der Waals surface area contributed by atoms with Gasteiger partial charge in [-0.2, -0.15) is 0 Å². The SMILES string of the molecule is O=C(O)N1C2C[C@@H]([C@H](F)C2)[C@H]1c1nc2cc(Br)sc2c(=O)[nH]1. The van der Waals surface area contributed by atoms with Gasteiger partial charge in [-0.1, -0.05) is 0 Å². The molecule has 6 nitrogen and oxygen atoms in total. The van der Waals surface area contributed by atoms with Crippen molar-refractivity contribution in [3.05, 3.63) is 26.0 Å². The molecule has 2 aliphatic rings. The van der Waals surface area contributed by atoms with E-state index in [1.54, 1.807) is 6.07 Å². The monoisotopic (exact) mass is 387 g/mol. The number of carbonyl (C=O) groups is 1. The van der Waals surface area contributed by atoms with Crippen molar-refractivity contribution in [2.75, 3.05) is 0 Å². The summed E-state index contributed by atoms with van der Waals surface area (Å²) in [5, 5.41) is 9.42. The Balaban J connectivity index is 1.86. The molecule has 3 heterocycles. The van der Waals surface area contributed by atoms with Crippen molar-refractivity contribution < 1.29 is 14.3 Å². The van der Waals surface area contributed by atoms with Crippen LogP contribution in [-0.4, -0.2) is 38.3 Å². The van der Waals surface area contributed by atoms with E-state index < -0.39 is 24.2 Å². The normalized spacial score (nSPS) is 30.4. The Kier molecular flexibility index (Phi) is 3.06. The maximum absolute atomic E-state index is 14.1. The van der Waals surface area contributed by atoms with Gasteiger partial charge < -0.3 is 10.1 Å². The highest BCUT2D eigenvalue weighted by atomic mass is 79.9. The van der Waals surface area contributed by atoms with Crippen LogP contribution in [0.15, 0.2) is 14.6 Å². The topological polar surface area (TPSA) is 86.3 Å². The van der Waals surface area contributed by atoms with Crippen molar-refractivity contribution in [2.24, 2.45) is 5.92 Å². The number of piperidine rings is 1. The average molecular weight is 388 g/mol. The molecule has 2 bridgehead atoms. The van der Waals surface area contributed by atoms with Gasteiger partial charge >= 0.3 is 6.09 Å². The fourth-order valence-electron chi connectivity index (χ4n) is 3.66. The number of likely N-dealkylation sites (tertiary alicyclic amines) is 1. The summed E-state index contributed by atoms with van der Waals surface area (Å²) >= 11 is 4.56. The molecule has 0 spiro atoms. The molecule has 1 saturated heterocycles. The molecule has 0 radical (unpaired) electrons. The first-order chi connectivity index (χ1) is 10.5. The number of alkyl halides is 1. The van der Waals surface area contributed by atoms with Gasteiger partial charge in [-0.25, -0.2) is 14.2 Å². The second kappa shape index (κ2) is 4.76. The van der Waals surface area contributed by atoms with Crippen LogP contribution in [0.4, 0.5) is 9.18 Å². The van der Waals surface area contributed by atoms with Crippen LogP contribution < -0.4 is 5.56 Å². The molecule has 1 saturated carbocycles. The number of aromatic amines is 1. The fourth-order valence-corrected chi connectivity index (χ4v) is 5.08. The molecule has 0 aromatic carbocycles. The number of halogens is 2. The summed E-state index contributed by atoms with van der Waals surface area (Å²) in [6.07, 6.45) is -1.45. The van der Waals surface area contributed by atoms with Gasteiger partial charge in [-0.05, 0) is 34.8 Å². The van der Waals surface area contributed by atoms with E-state index in [9.17, 15) is 19.1 Å². The number of carboxylic acid groups (broad SMARTS) is 1. The van der Waals surface area contributed by atoms with Gasteiger partial charge in [0.1, 0.15) is 16.7 Å². The van der Waals surface area contributed by atoms with Crippen molar-refractivity contribution in [1.82, 2.24) is 14.9 Å². The van der Waals surface area contributed by atoms with Crippen LogP contribution in [0.5, 0.6) is 0 Å². The van der Waals surface area contributed by atoms with E-state index in [2.05, 4.69) is 25.9 Å². The van der Waals surface area contributed by atoms with E-state index in [4.69, 9.17) is 0 Å². The number of nitrogens with zero attached hydrogens (tertiary/aromatic N) is 2. The number of rotatable bonds is 1. The summed E-state index contributed by atoms with van der Waals surface area (Å²) in [5.74, 6) is -0.205. The van der Waals surface area contributed by atoms with E-state index in [1.807, 2.05) is 0 Å². The Morgan fingerprint density at radius 3 is 3.05 bits per heavy atom. The predicted octanol–water partition coefficient (Wildman–Crippen LogP) is 2.90. The van der Waals surface area contributed by atoms with Gasteiger partial charge in [0, 0.05) is 12.0 Å². The molecule has 2 aromatic heterocycles. The minimum Gasteiger partial charge on any atom is -0.465 e. The Labute approximate surface area is 136 Å². The number of hydrogen-bond donors (Lipinski definition) is 2. The number of aromatic nitrogens is 2. The van der Waals surface area contributed by atoms with Crippen LogP contribution in [0.25, 0.3) is 10.2 Å². The first-order valence-electron chi connectivity index (χ1n) is 6.80. The van der Waals surface area contributed by atoms with Gasteiger partial charge in [-0.3, -0.25) is 9.69 Å². The molecule has 1 unspecified atom stereocenters. The summed E-state index contributed by atoms with van der Waals surface area (Å²) in [6.45, 7) is 0. The zero-order valence-corrected chi connectivity index (χ0v) is 13.5. The molecule has 22 heavy (non-hydrogen) atoms. The molecule has 9 heteroatoms. The maximum Gasteiger partial charge on any atom is 0.408 e. The highest BCUT2D eigenvalue weighted by Crippen LogP contribution is 2.50. The number of H-pyrrole nitrogens is 1. The molecule has 2 fully saturated rings. The lowest BCUT2D eigenvalue weighted by atomic mass is 9.96. The number of fused-ring (bicyclic) bond motifs is 3. The van der Waals surface area contributed by atoms with Gasteiger partial charge in [-0.15, -0.1) is 11.3 Å². The number of nitrogens with one attached hydrogen (secondary N) is 1. The fraction of sp³-hybridized carbons (Fsp3) is 0.462. The lowest BCUT2D eigenvalue weighted by molar-refractivity contribution is 0.0691. The van der Waals surface area contributed by atoms with Crippen LogP contribution in [0.2, 0.25) is 0 Å². The molecule has 1 aliphatic heterocycles. The highest BCUT2D eigenvalue weighted by Gasteiger charge is 2.55. The molecule has 1 aliphatic carbocycles.